The summed E-state index contributed by atoms with van der Waals surface area (Å²) in [7, 11) is 0. The van der Waals surface area contributed by atoms with Crippen LogP contribution in [0.15, 0.2) is 15.9 Å². The summed E-state index contributed by atoms with van der Waals surface area (Å²) < 4.78 is 1.22. The van der Waals surface area contributed by atoms with E-state index in [1.165, 1.54) is 15.8 Å². The molecule has 1 aromatic rings. The molecule has 1 N–H and O–H groups in total. The highest BCUT2D eigenvalue weighted by molar-refractivity contribution is 9.10. The molecule has 0 radical (unpaired) electrons. The normalized spacial score (nSPS) is 10.5. The van der Waals surface area contributed by atoms with E-state index in [4.69, 9.17) is 0 Å². The second-order valence-electron chi connectivity index (χ2n) is 2.41. The van der Waals surface area contributed by atoms with Crippen molar-refractivity contribution >= 4 is 43.2 Å². The van der Waals surface area contributed by atoms with Crippen LogP contribution in [-0.4, -0.2) is 11.9 Å². The van der Waals surface area contributed by atoms with Crippen LogP contribution in [0.25, 0.3) is 0 Å². The fraction of sp³-hybridized carbons (Fsp3) is 0.500. The first-order valence-electron chi connectivity index (χ1n) is 3.83. The van der Waals surface area contributed by atoms with Gasteiger partial charge in [0.2, 0.25) is 0 Å². The third-order valence-corrected chi connectivity index (χ3v) is 3.95. The minimum absolute atomic E-state index is 0.977. The molecule has 4 heteroatoms. The second-order valence-corrected chi connectivity index (χ2v) is 5.06. The lowest BCUT2D eigenvalue weighted by Crippen LogP contribution is -2.14. The topological polar surface area (TPSA) is 12.0 Å². The van der Waals surface area contributed by atoms with Crippen LogP contribution in [0.1, 0.15) is 11.3 Å². The van der Waals surface area contributed by atoms with Gasteiger partial charge in [0.1, 0.15) is 0 Å². The van der Waals surface area contributed by atoms with Crippen LogP contribution < -0.4 is 5.32 Å². The molecule has 12 heavy (non-hydrogen) atoms. The SMILES string of the molecule is BrCCCNCc1sccc1Br. The zero-order valence-electron chi connectivity index (χ0n) is 6.65. The molecule has 0 aliphatic carbocycles. The maximum Gasteiger partial charge on any atom is 0.0327 e. The fourth-order valence-electron chi connectivity index (χ4n) is 0.845. The Bertz CT molecular complexity index is 225. The van der Waals surface area contributed by atoms with Crippen molar-refractivity contribution < 1.29 is 0 Å². The first kappa shape index (κ1) is 10.7. The Kier molecular flexibility index (Phi) is 5.47. The largest absolute Gasteiger partial charge is 0.312 e. The van der Waals surface area contributed by atoms with Gasteiger partial charge in [0.15, 0.2) is 0 Å². The van der Waals surface area contributed by atoms with Crippen LogP contribution in [0.4, 0.5) is 0 Å². The van der Waals surface area contributed by atoms with E-state index in [1.807, 2.05) is 0 Å². The van der Waals surface area contributed by atoms with Crippen molar-refractivity contribution in [3.05, 3.63) is 20.8 Å². The van der Waals surface area contributed by atoms with Crippen LogP contribution >= 0.6 is 43.2 Å². The summed E-state index contributed by atoms with van der Waals surface area (Å²) in [5.41, 5.74) is 0. The van der Waals surface area contributed by atoms with Crippen molar-refractivity contribution in [2.75, 3.05) is 11.9 Å². The molecule has 0 atom stereocenters. The number of thiophene rings is 1. The first-order valence-corrected chi connectivity index (χ1v) is 6.62. The van der Waals surface area contributed by atoms with Crippen LogP contribution in [0.3, 0.4) is 0 Å². The smallest absolute Gasteiger partial charge is 0.0327 e. The van der Waals surface area contributed by atoms with Gasteiger partial charge in [-0.3, -0.25) is 0 Å². The first-order chi connectivity index (χ1) is 5.84. The Morgan fingerprint density at radius 3 is 2.92 bits per heavy atom. The average molecular weight is 313 g/mol. The third-order valence-electron chi connectivity index (χ3n) is 1.46. The Hall–Kier alpha value is 0.620. The summed E-state index contributed by atoms with van der Waals surface area (Å²) in [6.45, 7) is 2.06. The molecule has 0 spiro atoms. The fourth-order valence-corrected chi connectivity index (χ4v) is 2.59. The molecule has 1 nitrogen and oxygen atoms in total. The summed E-state index contributed by atoms with van der Waals surface area (Å²) >= 11 is 8.68. The third kappa shape index (κ3) is 3.56. The van der Waals surface area contributed by atoms with E-state index >= 15 is 0 Å². The number of rotatable bonds is 5. The summed E-state index contributed by atoms with van der Waals surface area (Å²) in [4.78, 5) is 1.38. The number of halogens is 2. The number of nitrogens with one attached hydrogen (secondary N) is 1. The van der Waals surface area contributed by atoms with Crippen LogP contribution in [0.5, 0.6) is 0 Å². The summed E-state index contributed by atoms with van der Waals surface area (Å²) in [6.07, 6.45) is 1.18. The van der Waals surface area contributed by atoms with Crippen molar-refractivity contribution in [3.63, 3.8) is 0 Å². The zero-order valence-corrected chi connectivity index (χ0v) is 10.6. The molecule has 1 rings (SSSR count). The van der Waals surface area contributed by atoms with E-state index in [1.54, 1.807) is 11.3 Å². The molecule has 0 aliphatic rings. The van der Waals surface area contributed by atoms with Gasteiger partial charge in [0, 0.05) is 21.2 Å². The van der Waals surface area contributed by atoms with Crippen molar-refractivity contribution in [3.8, 4) is 0 Å². The van der Waals surface area contributed by atoms with E-state index in [0.717, 1.165) is 18.4 Å². The highest BCUT2D eigenvalue weighted by Crippen LogP contribution is 2.21. The molecule has 0 saturated carbocycles. The summed E-state index contributed by atoms with van der Waals surface area (Å²) in [5.74, 6) is 0. The lowest BCUT2D eigenvalue weighted by Gasteiger charge is -2.00. The van der Waals surface area contributed by atoms with Gasteiger partial charge < -0.3 is 5.32 Å². The quantitative estimate of drug-likeness (QED) is 0.649. The Morgan fingerprint density at radius 1 is 1.50 bits per heavy atom. The molecule has 0 amide bonds. The van der Waals surface area contributed by atoms with Gasteiger partial charge in [-0.1, -0.05) is 15.9 Å². The van der Waals surface area contributed by atoms with Crippen LogP contribution in [0.2, 0.25) is 0 Å². The van der Waals surface area contributed by atoms with Gasteiger partial charge in [0.05, 0.1) is 0 Å². The van der Waals surface area contributed by atoms with E-state index in [2.05, 4.69) is 48.6 Å². The van der Waals surface area contributed by atoms with Gasteiger partial charge in [-0.25, -0.2) is 0 Å². The molecule has 0 fully saturated rings. The second kappa shape index (κ2) is 6.13. The lowest BCUT2D eigenvalue weighted by molar-refractivity contribution is 0.685. The van der Waals surface area contributed by atoms with Crippen molar-refractivity contribution in [2.45, 2.75) is 13.0 Å². The highest BCUT2D eigenvalue weighted by Gasteiger charge is 1.98. The minimum atomic E-state index is 0.977. The molecular weight excluding hydrogens is 302 g/mol. The van der Waals surface area contributed by atoms with Gasteiger partial charge >= 0.3 is 0 Å². The minimum Gasteiger partial charge on any atom is -0.312 e. The monoisotopic (exact) mass is 311 g/mol. The molecule has 0 aliphatic heterocycles. The molecule has 0 unspecified atom stereocenters. The Balaban J connectivity index is 2.20. The predicted octanol–water partition coefficient (Wildman–Crippen LogP) is 3.39. The average Bonchev–Trinajstić information content (AvgIpc) is 2.46. The predicted molar refractivity (Wildman–Crippen MR) is 62.1 cm³/mol. The molecule has 0 saturated heterocycles. The zero-order chi connectivity index (χ0) is 8.81. The lowest BCUT2D eigenvalue weighted by atomic mass is 10.4. The molecule has 68 valence electrons. The van der Waals surface area contributed by atoms with Crippen molar-refractivity contribution in [2.24, 2.45) is 0 Å². The standard InChI is InChI=1S/C8H11Br2NS/c9-3-1-4-11-6-8-7(10)2-5-12-8/h2,5,11H,1,3-4,6H2. The van der Waals surface area contributed by atoms with E-state index in [9.17, 15) is 0 Å². The van der Waals surface area contributed by atoms with Gasteiger partial charge in [-0.2, -0.15) is 0 Å². The van der Waals surface area contributed by atoms with E-state index in [0.29, 0.717) is 0 Å². The Labute approximate surface area is 93.8 Å². The Morgan fingerprint density at radius 2 is 2.33 bits per heavy atom. The van der Waals surface area contributed by atoms with Gasteiger partial charge in [-0.05, 0) is 40.3 Å². The van der Waals surface area contributed by atoms with Gasteiger partial charge in [-0.15, -0.1) is 11.3 Å². The highest BCUT2D eigenvalue weighted by atomic mass is 79.9. The maximum atomic E-state index is 3.50. The number of alkyl halides is 1. The molecular formula is C8H11Br2NS. The van der Waals surface area contributed by atoms with Crippen molar-refractivity contribution in [1.29, 1.82) is 0 Å². The number of hydrogen-bond donors (Lipinski definition) is 1. The summed E-state index contributed by atoms with van der Waals surface area (Å²) in [5, 5.41) is 6.56. The van der Waals surface area contributed by atoms with Crippen LogP contribution in [-0.2, 0) is 6.54 Å². The van der Waals surface area contributed by atoms with Crippen LogP contribution in [0, 0.1) is 0 Å². The van der Waals surface area contributed by atoms with Crippen molar-refractivity contribution in [1.82, 2.24) is 5.32 Å². The molecule has 1 aromatic heterocycles. The van der Waals surface area contributed by atoms with E-state index < -0.39 is 0 Å². The molecule has 0 bridgehead atoms. The van der Waals surface area contributed by atoms with Gasteiger partial charge in [0.25, 0.3) is 0 Å². The molecule has 0 aromatic carbocycles. The summed E-state index contributed by atoms with van der Waals surface area (Å²) in [6, 6.07) is 2.09. The molecule has 1 heterocycles. The van der Waals surface area contributed by atoms with E-state index in [-0.39, 0.29) is 0 Å². The maximum absolute atomic E-state index is 3.50. The number of hydrogen-bond acceptors (Lipinski definition) is 2.